The summed E-state index contributed by atoms with van der Waals surface area (Å²) in [5, 5.41) is 5.43. The van der Waals surface area contributed by atoms with Crippen molar-refractivity contribution in [1.29, 1.82) is 0 Å². The van der Waals surface area contributed by atoms with E-state index in [-0.39, 0.29) is 18.0 Å². The summed E-state index contributed by atoms with van der Waals surface area (Å²) in [6.45, 7) is 0.287. The smallest absolute Gasteiger partial charge is 0.267 e. The largest absolute Gasteiger partial charge is 0.340 e. The minimum absolute atomic E-state index is 0.0725. The third kappa shape index (κ3) is 4.41. The maximum absolute atomic E-state index is 12.5. The molecule has 132 valence electrons. The lowest BCUT2D eigenvalue weighted by Crippen LogP contribution is -2.35. The molecule has 1 aromatic carbocycles. The third-order valence-corrected chi connectivity index (χ3v) is 4.76. The molecule has 0 fully saturated rings. The number of amides is 1. The molecule has 1 heterocycles. The van der Waals surface area contributed by atoms with Crippen molar-refractivity contribution in [2.24, 2.45) is 0 Å². The highest BCUT2D eigenvalue weighted by Gasteiger charge is 2.16. The van der Waals surface area contributed by atoms with Gasteiger partial charge in [0, 0.05) is 29.7 Å². The molecule has 1 aliphatic rings. The van der Waals surface area contributed by atoms with Gasteiger partial charge < -0.3 is 4.90 Å². The molecule has 5 nitrogen and oxygen atoms in total. The standard InChI is InChI=1S/C18H19Cl2N3O2/c1-22(10-12-6-14(19)9-15(20)7-12)18(25)11-23-17(24)8-13-4-2-3-5-16(13)21-23/h6-9H,2-5,10-11H2,1H3. The van der Waals surface area contributed by atoms with Gasteiger partial charge in [-0.05, 0) is 55.0 Å². The minimum Gasteiger partial charge on any atom is -0.340 e. The van der Waals surface area contributed by atoms with Crippen LogP contribution in [0.3, 0.4) is 0 Å². The highest BCUT2D eigenvalue weighted by molar-refractivity contribution is 6.34. The van der Waals surface area contributed by atoms with Gasteiger partial charge in [0.15, 0.2) is 0 Å². The number of hydrogen-bond donors (Lipinski definition) is 0. The summed E-state index contributed by atoms with van der Waals surface area (Å²) in [5.74, 6) is -0.193. The van der Waals surface area contributed by atoms with Crippen molar-refractivity contribution in [3.05, 3.63) is 61.5 Å². The van der Waals surface area contributed by atoms with Crippen LogP contribution in [0.5, 0.6) is 0 Å². The first-order valence-electron chi connectivity index (χ1n) is 8.21. The summed E-state index contributed by atoms with van der Waals surface area (Å²) in [7, 11) is 1.68. The number of carbonyl (C=O) groups is 1. The highest BCUT2D eigenvalue weighted by Crippen LogP contribution is 2.20. The van der Waals surface area contributed by atoms with Gasteiger partial charge in [0.05, 0.1) is 5.69 Å². The average molecular weight is 380 g/mol. The Labute approximate surface area is 156 Å². The van der Waals surface area contributed by atoms with Gasteiger partial charge in [-0.25, -0.2) is 4.68 Å². The maximum Gasteiger partial charge on any atom is 0.267 e. The second-order valence-corrected chi connectivity index (χ2v) is 7.22. The lowest BCUT2D eigenvalue weighted by atomic mass is 9.97. The highest BCUT2D eigenvalue weighted by atomic mass is 35.5. The Kier molecular flexibility index (Phi) is 5.45. The Morgan fingerprint density at radius 1 is 1.16 bits per heavy atom. The van der Waals surface area contributed by atoms with Crippen molar-refractivity contribution in [3.63, 3.8) is 0 Å². The summed E-state index contributed by atoms with van der Waals surface area (Å²) >= 11 is 12.0. The fraction of sp³-hybridized carbons (Fsp3) is 0.389. The van der Waals surface area contributed by atoms with Crippen molar-refractivity contribution in [3.8, 4) is 0 Å². The van der Waals surface area contributed by atoms with Crippen LogP contribution in [0, 0.1) is 0 Å². The summed E-state index contributed by atoms with van der Waals surface area (Å²) in [6.07, 6.45) is 3.91. The first kappa shape index (κ1) is 18.0. The van der Waals surface area contributed by atoms with Crippen LogP contribution in [0.25, 0.3) is 0 Å². The van der Waals surface area contributed by atoms with E-state index >= 15 is 0 Å². The van der Waals surface area contributed by atoms with E-state index in [1.807, 2.05) is 0 Å². The second-order valence-electron chi connectivity index (χ2n) is 6.35. The van der Waals surface area contributed by atoms with Gasteiger partial charge >= 0.3 is 0 Å². The summed E-state index contributed by atoms with van der Waals surface area (Å²) in [6, 6.07) is 6.79. The predicted octanol–water partition coefficient (Wildman–Crippen LogP) is 3.09. The molecule has 0 saturated heterocycles. The molecule has 0 N–H and O–H groups in total. The quantitative estimate of drug-likeness (QED) is 0.819. The van der Waals surface area contributed by atoms with Gasteiger partial charge in [-0.3, -0.25) is 9.59 Å². The van der Waals surface area contributed by atoms with Crippen molar-refractivity contribution in [2.75, 3.05) is 7.05 Å². The molecule has 7 heteroatoms. The number of aromatic nitrogens is 2. The lowest BCUT2D eigenvalue weighted by Gasteiger charge is -2.19. The molecular formula is C18H19Cl2N3O2. The van der Waals surface area contributed by atoms with Crippen LogP contribution in [0.1, 0.15) is 29.7 Å². The van der Waals surface area contributed by atoms with Gasteiger partial charge in [0.2, 0.25) is 5.91 Å². The molecule has 1 aliphatic carbocycles. The van der Waals surface area contributed by atoms with Crippen LogP contribution >= 0.6 is 23.2 Å². The molecule has 0 bridgehead atoms. The number of fused-ring (bicyclic) bond motifs is 1. The topological polar surface area (TPSA) is 55.2 Å². The molecular weight excluding hydrogens is 361 g/mol. The number of hydrogen-bond acceptors (Lipinski definition) is 3. The van der Waals surface area contributed by atoms with Crippen molar-refractivity contribution in [2.45, 2.75) is 38.8 Å². The van der Waals surface area contributed by atoms with E-state index < -0.39 is 0 Å². The van der Waals surface area contributed by atoms with E-state index in [0.717, 1.165) is 42.5 Å². The van der Waals surface area contributed by atoms with E-state index in [1.54, 1.807) is 31.3 Å². The Bertz CT molecular complexity index is 844. The Morgan fingerprint density at radius 3 is 2.56 bits per heavy atom. The number of benzene rings is 1. The number of carbonyl (C=O) groups excluding carboxylic acids is 1. The van der Waals surface area contributed by atoms with Crippen LogP contribution in [-0.2, 0) is 30.7 Å². The first-order chi connectivity index (χ1) is 11.9. The molecule has 25 heavy (non-hydrogen) atoms. The molecule has 0 radical (unpaired) electrons. The molecule has 3 rings (SSSR count). The number of rotatable bonds is 4. The molecule has 0 unspecified atom stereocenters. The third-order valence-electron chi connectivity index (χ3n) is 4.33. The van der Waals surface area contributed by atoms with Crippen LogP contribution < -0.4 is 5.56 Å². The monoisotopic (exact) mass is 379 g/mol. The minimum atomic E-state index is -0.229. The van der Waals surface area contributed by atoms with Crippen molar-refractivity contribution >= 4 is 29.1 Å². The Morgan fingerprint density at radius 2 is 1.84 bits per heavy atom. The average Bonchev–Trinajstić information content (AvgIpc) is 2.54. The summed E-state index contributed by atoms with van der Waals surface area (Å²) < 4.78 is 1.26. The summed E-state index contributed by atoms with van der Waals surface area (Å²) in [4.78, 5) is 26.2. The number of halogens is 2. The zero-order chi connectivity index (χ0) is 18.0. The van der Waals surface area contributed by atoms with Crippen LogP contribution in [-0.4, -0.2) is 27.6 Å². The van der Waals surface area contributed by atoms with Crippen LogP contribution in [0.2, 0.25) is 10.0 Å². The van der Waals surface area contributed by atoms with Gasteiger partial charge in [0.1, 0.15) is 6.54 Å². The number of likely N-dealkylation sites (N-methyl/N-ethyl adjacent to an activating group) is 1. The van der Waals surface area contributed by atoms with Gasteiger partial charge in [-0.15, -0.1) is 0 Å². The number of aryl methyl sites for hydroxylation is 2. The SMILES string of the molecule is CN(Cc1cc(Cl)cc(Cl)c1)C(=O)Cn1nc2c(cc1=O)CCCC2. The molecule has 0 atom stereocenters. The van der Waals surface area contributed by atoms with Gasteiger partial charge in [-0.2, -0.15) is 5.10 Å². The van der Waals surface area contributed by atoms with Crippen molar-refractivity contribution in [1.82, 2.24) is 14.7 Å². The zero-order valence-corrected chi connectivity index (χ0v) is 15.5. The zero-order valence-electron chi connectivity index (χ0n) is 14.0. The first-order valence-corrected chi connectivity index (χ1v) is 8.97. The Balaban J connectivity index is 1.72. The van der Waals surface area contributed by atoms with Crippen LogP contribution in [0.15, 0.2) is 29.1 Å². The van der Waals surface area contributed by atoms with E-state index in [9.17, 15) is 9.59 Å². The van der Waals surface area contributed by atoms with Gasteiger partial charge in [-0.1, -0.05) is 23.2 Å². The maximum atomic E-state index is 12.5. The van der Waals surface area contributed by atoms with Crippen LogP contribution in [0.4, 0.5) is 0 Å². The van der Waals surface area contributed by atoms with E-state index in [1.165, 1.54) is 9.58 Å². The fourth-order valence-electron chi connectivity index (χ4n) is 3.03. The van der Waals surface area contributed by atoms with E-state index in [2.05, 4.69) is 5.10 Å². The van der Waals surface area contributed by atoms with E-state index in [0.29, 0.717) is 16.6 Å². The molecule has 1 amide bonds. The number of nitrogens with zero attached hydrogens (tertiary/aromatic N) is 3. The lowest BCUT2D eigenvalue weighted by molar-refractivity contribution is -0.131. The fourth-order valence-corrected chi connectivity index (χ4v) is 3.60. The molecule has 0 saturated carbocycles. The predicted molar refractivity (Wildman–Crippen MR) is 98.1 cm³/mol. The molecule has 0 spiro atoms. The molecule has 1 aromatic heterocycles. The Hall–Kier alpha value is -1.85. The summed E-state index contributed by atoms with van der Waals surface area (Å²) in [5.41, 5.74) is 2.55. The second kappa shape index (κ2) is 7.58. The molecule has 2 aromatic rings. The molecule has 0 aliphatic heterocycles. The van der Waals surface area contributed by atoms with Gasteiger partial charge in [0.25, 0.3) is 5.56 Å². The van der Waals surface area contributed by atoms with E-state index in [4.69, 9.17) is 23.2 Å². The van der Waals surface area contributed by atoms with Crippen molar-refractivity contribution < 1.29 is 4.79 Å². The normalized spacial score (nSPS) is 13.4.